The number of nitrogens with zero attached hydrogens (tertiary/aromatic N) is 1. The molecule has 0 spiro atoms. The second-order valence-corrected chi connectivity index (χ2v) is 9.67. The summed E-state index contributed by atoms with van der Waals surface area (Å²) in [5.41, 5.74) is 3.39. The highest BCUT2D eigenvalue weighted by Gasteiger charge is 2.25. The van der Waals surface area contributed by atoms with Crippen molar-refractivity contribution in [1.82, 2.24) is 10.2 Å². The third kappa shape index (κ3) is 9.59. The van der Waals surface area contributed by atoms with E-state index in [1.54, 1.807) is 6.07 Å². The van der Waals surface area contributed by atoms with Crippen LogP contribution in [0.3, 0.4) is 0 Å². The number of morpholine rings is 1. The predicted octanol–water partition coefficient (Wildman–Crippen LogP) is 7.73. The van der Waals surface area contributed by atoms with Gasteiger partial charge in [0.15, 0.2) is 5.78 Å². The van der Waals surface area contributed by atoms with Crippen LogP contribution < -0.4 is 14.8 Å². The van der Waals surface area contributed by atoms with Crippen molar-refractivity contribution in [3.05, 3.63) is 65.0 Å². The van der Waals surface area contributed by atoms with E-state index in [0.717, 1.165) is 42.3 Å². The number of ether oxygens (including phenoxy) is 3. The van der Waals surface area contributed by atoms with Crippen molar-refractivity contribution < 1.29 is 27.8 Å². The summed E-state index contributed by atoms with van der Waals surface area (Å²) >= 11 is 0. The molecule has 1 aromatic carbocycles. The Bertz CT molecular complexity index is 1080. The SMILES string of the molecule is C/C=C(/c1cc(OC)c(C(C)=O)c(OC(F)F)c1)N1C=CC(C2COCCN2)=C/C1=C\CCC.CC.CC1CC1. The van der Waals surface area contributed by atoms with Gasteiger partial charge in [0, 0.05) is 29.7 Å². The number of halogens is 2. The standard InChI is InChI=1S/C26H32F2N2O4.C4H8.C2H6/c1-5-7-8-20-13-18(21-16-33-12-10-29-21)9-11-30(20)22(6-2)19-14-23(32-4)25(17(3)31)24(15-19)34-26(27)28;1-4-2-3-4;1-2/h6,8-9,11,13-15,21,26,29H,5,7,10,12,16H2,1-4H3;4H,2-3H2,1H3;1-2H3/b20-8+,22-6-;;. The Kier molecular flexibility index (Phi) is 14.1. The number of methoxy groups -OCH3 is 1. The molecule has 1 aromatic rings. The predicted molar refractivity (Wildman–Crippen MR) is 158 cm³/mol. The Hall–Kier alpha value is -2.97. The molecule has 1 aliphatic carbocycles. The Morgan fingerprint density at radius 1 is 1.25 bits per heavy atom. The van der Waals surface area contributed by atoms with Gasteiger partial charge in [-0.1, -0.05) is 59.1 Å². The largest absolute Gasteiger partial charge is 0.496 e. The van der Waals surface area contributed by atoms with Gasteiger partial charge in [-0.05, 0) is 56.0 Å². The van der Waals surface area contributed by atoms with Crippen molar-refractivity contribution in [2.24, 2.45) is 5.92 Å². The first-order chi connectivity index (χ1) is 19.3. The van der Waals surface area contributed by atoms with E-state index in [0.29, 0.717) is 18.8 Å². The van der Waals surface area contributed by atoms with E-state index < -0.39 is 12.4 Å². The van der Waals surface area contributed by atoms with Crippen LogP contribution in [0.15, 0.2) is 53.9 Å². The van der Waals surface area contributed by atoms with Crippen LogP contribution in [0.4, 0.5) is 8.78 Å². The van der Waals surface area contributed by atoms with Crippen LogP contribution in [0.1, 0.15) is 83.1 Å². The first kappa shape index (κ1) is 33.2. The average Bonchev–Trinajstić information content (AvgIpc) is 3.75. The Morgan fingerprint density at radius 2 is 1.93 bits per heavy atom. The molecule has 3 aliphatic rings. The molecule has 8 heteroatoms. The molecule has 40 heavy (non-hydrogen) atoms. The third-order valence-corrected chi connectivity index (χ3v) is 6.52. The molecule has 2 aliphatic heterocycles. The normalized spacial score (nSPS) is 19.8. The molecule has 1 atom stereocenters. The molecule has 1 saturated carbocycles. The Morgan fingerprint density at radius 3 is 2.42 bits per heavy atom. The minimum atomic E-state index is -3.07. The second-order valence-electron chi connectivity index (χ2n) is 9.67. The van der Waals surface area contributed by atoms with Gasteiger partial charge in [0.1, 0.15) is 17.1 Å². The van der Waals surface area contributed by atoms with Crippen molar-refractivity contribution in [2.75, 3.05) is 26.9 Å². The van der Waals surface area contributed by atoms with Crippen LogP contribution in [-0.2, 0) is 4.74 Å². The van der Waals surface area contributed by atoms with E-state index in [2.05, 4.69) is 31.3 Å². The van der Waals surface area contributed by atoms with Gasteiger partial charge >= 0.3 is 6.61 Å². The molecule has 4 rings (SSSR count). The maximum atomic E-state index is 13.1. The lowest BCUT2D eigenvalue weighted by Crippen LogP contribution is -2.42. The summed E-state index contributed by atoms with van der Waals surface area (Å²) in [5, 5.41) is 3.47. The molecule has 6 nitrogen and oxygen atoms in total. The minimum Gasteiger partial charge on any atom is -0.496 e. The Balaban J connectivity index is 0.000000839. The number of rotatable bonds is 9. The highest BCUT2D eigenvalue weighted by Crippen LogP contribution is 2.38. The number of hydrogen-bond donors (Lipinski definition) is 1. The number of benzene rings is 1. The number of alkyl halides is 2. The Labute approximate surface area is 238 Å². The summed E-state index contributed by atoms with van der Waals surface area (Å²) < 4.78 is 42.0. The fraction of sp³-hybridized carbons (Fsp3) is 0.531. The fourth-order valence-corrected chi connectivity index (χ4v) is 4.25. The molecule has 1 N–H and O–H groups in total. The van der Waals surface area contributed by atoms with Crippen molar-refractivity contribution in [3.8, 4) is 11.5 Å². The van der Waals surface area contributed by atoms with Gasteiger partial charge in [0.05, 0.1) is 26.4 Å². The van der Waals surface area contributed by atoms with E-state index in [4.69, 9.17) is 14.2 Å². The monoisotopic (exact) mass is 560 g/mol. The van der Waals surface area contributed by atoms with Gasteiger partial charge in [-0.2, -0.15) is 8.78 Å². The first-order valence-corrected chi connectivity index (χ1v) is 14.3. The highest BCUT2D eigenvalue weighted by molar-refractivity contribution is 6.00. The van der Waals surface area contributed by atoms with Gasteiger partial charge in [0.2, 0.25) is 0 Å². The van der Waals surface area contributed by atoms with Crippen molar-refractivity contribution in [3.63, 3.8) is 0 Å². The summed E-state index contributed by atoms with van der Waals surface area (Å²) in [6.45, 7) is 10.6. The molecular weight excluding hydrogens is 514 g/mol. The van der Waals surface area contributed by atoms with Gasteiger partial charge < -0.3 is 24.4 Å². The zero-order valence-corrected chi connectivity index (χ0v) is 25.1. The molecule has 0 aromatic heterocycles. The fourth-order valence-electron chi connectivity index (χ4n) is 4.25. The number of hydrogen-bond acceptors (Lipinski definition) is 6. The van der Waals surface area contributed by atoms with Gasteiger partial charge in [-0.3, -0.25) is 4.79 Å². The molecule has 1 unspecified atom stereocenters. The van der Waals surface area contributed by atoms with Gasteiger partial charge in [0.25, 0.3) is 0 Å². The van der Waals surface area contributed by atoms with Crippen molar-refractivity contribution in [1.29, 1.82) is 0 Å². The second kappa shape index (κ2) is 17.0. The maximum absolute atomic E-state index is 13.1. The number of unbranched alkanes of at least 4 members (excludes halogenated alkanes) is 1. The van der Waals surface area contributed by atoms with Crippen molar-refractivity contribution in [2.45, 2.75) is 79.9 Å². The number of ketones is 1. The van der Waals surface area contributed by atoms with Crippen molar-refractivity contribution >= 4 is 11.5 Å². The number of carbonyl (C=O) groups is 1. The lowest BCUT2D eigenvalue weighted by atomic mass is 9.99. The molecule has 222 valence electrons. The molecule has 2 fully saturated rings. The molecule has 0 amide bonds. The number of nitrogens with one attached hydrogen (secondary N) is 1. The minimum absolute atomic E-state index is 0.0107. The molecule has 0 radical (unpaired) electrons. The summed E-state index contributed by atoms with van der Waals surface area (Å²) in [4.78, 5) is 14.2. The van der Waals surface area contributed by atoms with E-state index in [1.807, 2.05) is 44.0 Å². The van der Waals surface area contributed by atoms with Crippen LogP contribution in [0.25, 0.3) is 5.70 Å². The molecule has 2 heterocycles. The van der Waals surface area contributed by atoms with Crippen LogP contribution in [-0.4, -0.2) is 50.2 Å². The quantitative estimate of drug-likeness (QED) is 0.312. The summed E-state index contributed by atoms with van der Waals surface area (Å²) in [6, 6.07) is 3.24. The van der Waals surface area contributed by atoms with Crippen LogP contribution in [0, 0.1) is 5.92 Å². The lowest BCUT2D eigenvalue weighted by molar-refractivity contribution is -0.0502. The van der Waals surface area contributed by atoms with E-state index >= 15 is 0 Å². The topological polar surface area (TPSA) is 60.0 Å². The maximum Gasteiger partial charge on any atom is 0.387 e. The molecule has 1 saturated heterocycles. The molecule has 0 bridgehead atoms. The van der Waals surface area contributed by atoms with Crippen LogP contribution >= 0.6 is 0 Å². The highest BCUT2D eigenvalue weighted by atomic mass is 19.3. The summed E-state index contributed by atoms with van der Waals surface area (Å²) in [7, 11) is 1.40. The number of carbonyl (C=O) groups excluding carboxylic acids is 1. The number of Topliss-reactive ketones (excluding diaryl/α,β-unsaturated/α-hetero) is 1. The van der Waals surface area contributed by atoms with Gasteiger partial charge in [-0.15, -0.1) is 0 Å². The average molecular weight is 561 g/mol. The zero-order chi connectivity index (χ0) is 29.7. The van der Waals surface area contributed by atoms with E-state index in [1.165, 1.54) is 32.9 Å². The van der Waals surface area contributed by atoms with Crippen LogP contribution in [0.2, 0.25) is 0 Å². The molecular formula is C32H46F2N2O4. The third-order valence-electron chi connectivity index (χ3n) is 6.52. The van der Waals surface area contributed by atoms with Crippen LogP contribution in [0.5, 0.6) is 11.5 Å². The smallest absolute Gasteiger partial charge is 0.387 e. The zero-order valence-electron chi connectivity index (χ0n) is 25.1. The van der Waals surface area contributed by atoms with E-state index in [9.17, 15) is 13.6 Å². The van der Waals surface area contributed by atoms with E-state index in [-0.39, 0.29) is 23.1 Å². The summed E-state index contributed by atoms with van der Waals surface area (Å²) in [5.74, 6) is 0.633. The van der Waals surface area contributed by atoms with Gasteiger partial charge in [-0.25, -0.2) is 0 Å². The summed E-state index contributed by atoms with van der Waals surface area (Å²) in [6.07, 6.45) is 15.0. The first-order valence-electron chi connectivity index (χ1n) is 14.3. The number of allylic oxidation sites excluding steroid dienone is 3. The lowest BCUT2D eigenvalue weighted by Gasteiger charge is -2.32.